The molecule has 0 aliphatic rings. The zero-order chi connectivity index (χ0) is 20.1. The van der Waals surface area contributed by atoms with Crippen molar-refractivity contribution in [1.82, 2.24) is 4.57 Å². The number of Topliss-reactive ketones (excluding diaryl/α,β-unsaturated/α-hetero) is 1. The fourth-order valence-corrected chi connectivity index (χ4v) is 3.11. The molecule has 6 nitrogen and oxygen atoms in total. The second-order valence-corrected chi connectivity index (χ2v) is 6.56. The van der Waals surface area contributed by atoms with Gasteiger partial charge in [0.2, 0.25) is 5.78 Å². The fraction of sp³-hybridized carbons (Fsp3) is 0.273. The van der Waals surface area contributed by atoms with Gasteiger partial charge in [0.05, 0.1) is 26.3 Å². The summed E-state index contributed by atoms with van der Waals surface area (Å²) in [5.74, 6) is 0.805. The van der Waals surface area contributed by atoms with Crippen molar-refractivity contribution in [3.8, 4) is 5.75 Å². The number of benzene rings is 1. The molecule has 0 saturated heterocycles. The van der Waals surface area contributed by atoms with Crippen molar-refractivity contribution in [3.63, 3.8) is 0 Å². The Morgan fingerprint density at radius 2 is 1.93 bits per heavy atom. The van der Waals surface area contributed by atoms with Crippen molar-refractivity contribution in [1.29, 1.82) is 0 Å². The average molecular weight is 381 g/mol. The molecule has 0 aliphatic carbocycles. The highest BCUT2D eigenvalue weighted by molar-refractivity contribution is 5.99. The van der Waals surface area contributed by atoms with E-state index in [0.29, 0.717) is 17.9 Å². The Morgan fingerprint density at radius 1 is 1.11 bits per heavy atom. The van der Waals surface area contributed by atoms with E-state index in [1.165, 1.54) is 0 Å². The molecule has 0 N–H and O–H groups in total. The van der Waals surface area contributed by atoms with Crippen LogP contribution in [-0.4, -0.2) is 30.0 Å². The molecule has 0 amide bonds. The van der Waals surface area contributed by atoms with E-state index in [2.05, 4.69) is 0 Å². The van der Waals surface area contributed by atoms with E-state index in [0.717, 1.165) is 22.7 Å². The summed E-state index contributed by atoms with van der Waals surface area (Å²) in [6.45, 7) is 4.07. The summed E-state index contributed by atoms with van der Waals surface area (Å²) < 4.78 is 17.7. The summed E-state index contributed by atoms with van der Waals surface area (Å²) >= 11 is 0. The number of esters is 1. The van der Waals surface area contributed by atoms with Crippen LogP contribution in [0.5, 0.6) is 5.75 Å². The van der Waals surface area contributed by atoms with Crippen LogP contribution in [-0.2, 0) is 22.5 Å². The number of carbonyl (C=O) groups is 2. The molecule has 0 bridgehead atoms. The predicted octanol–water partition coefficient (Wildman–Crippen LogP) is 3.72. The van der Waals surface area contributed by atoms with E-state index in [1.54, 1.807) is 31.6 Å². The normalized spacial score (nSPS) is 10.7. The van der Waals surface area contributed by atoms with Crippen LogP contribution in [0.15, 0.2) is 53.1 Å². The lowest BCUT2D eigenvalue weighted by Crippen LogP contribution is -2.16. The molecule has 3 rings (SSSR count). The number of ether oxygens (including phenoxy) is 2. The number of ketones is 1. The number of furan rings is 1. The maximum absolute atomic E-state index is 12.6. The Balaban J connectivity index is 1.61. The summed E-state index contributed by atoms with van der Waals surface area (Å²) in [4.78, 5) is 24.6. The quantitative estimate of drug-likeness (QED) is 0.439. The third kappa shape index (κ3) is 4.52. The number of hydrogen-bond acceptors (Lipinski definition) is 5. The van der Waals surface area contributed by atoms with Gasteiger partial charge < -0.3 is 18.5 Å². The first kappa shape index (κ1) is 19.5. The van der Waals surface area contributed by atoms with Crippen LogP contribution in [0, 0.1) is 13.8 Å². The molecule has 2 aromatic heterocycles. The second-order valence-electron chi connectivity index (χ2n) is 6.56. The van der Waals surface area contributed by atoms with Crippen LogP contribution in [0.25, 0.3) is 0 Å². The lowest BCUT2D eigenvalue weighted by molar-refractivity contribution is -0.141. The van der Waals surface area contributed by atoms with Crippen LogP contribution in [0.2, 0.25) is 0 Å². The minimum atomic E-state index is -0.453. The fourth-order valence-electron chi connectivity index (χ4n) is 3.11. The second kappa shape index (κ2) is 8.61. The van der Waals surface area contributed by atoms with Gasteiger partial charge in [0.1, 0.15) is 11.5 Å². The maximum atomic E-state index is 12.6. The van der Waals surface area contributed by atoms with Gasteiger partial charge >= 0.3 is 5.97 Å². The number of aromatic nitrogens is 1. The van der Waals surface area contributed by atoms with Gasteiger partial charge in [0, 0.05) is 17.0 Å². The van der Waals surface area contributed by atoms with Crippen molar-refractivity contribution >= 4 is 11.8 Å². The molecule has 3 aromatic rings. The van der Waals surface area contributed by atoms with Gasteiger partial charge in [-0.1, -0.05) is 12.1 Å². The minimum absolute atomic E-state index is 0.0853. The van der Waals surface area contributed by atoms with Crippen LogP contribution < -0.4 is 4.74 Å². The molecule has 28 heavy (non-hydrogen) atoms. The van der Waals surface area contributed by atoms with E-state index in [9.17, 15) is 9.59 Å². The smallest absolute Gasteiger partial charge is 0.310 e. The number of rotatable bonds is 8. The molecule has 0 unspecified atom stereocenters. The first-order chi connectivity index (χ1) is 13.5. The summed E-state index contributed by atoms with van der Waals surface area (Å²) in [6, 6.07) is 12.7. The van der Waals surface area contributed by atoms with E-state index < -0.39 is 5.97 Å². The summed E-state index contributed by atoms with van der Waals surface area (Å²) in [6.07, 6.45) is 1.71. The third-order valence-corrected chi connectivity index (χ3v) is 4.61. The average Bonchev–Trinajstić information content (AvgIpc) is 3.30. The van der Waals surface area contributed by atoms with Crippen LogP contribution >= 0.6 is 0 Å². The van der Waals surface area contributed by atoms with Gasteiger partial charge in [-0.2, -0.15) is 0 Å². The van der Waals surface area contributed by atoms with Crippen molar-refractivity contribution < 1.29 is 23.5 Å². The topological polar surface area (TPSA) is 70.7 Å². The SMILES string of the molecule is COc1cccc(CC(=O)OCC(=O)c2cc(C)n(Cc3ccco3)c2C)c1. The first-order valence-electron chi connectivity index (χ1n) is 8.98. The molecule has 0 fully saturated rings. The largest absolute Gasteiger partial charge is 0.497 e. The highest BCUT2D eigenvalue weighted by Crippen LogP contribution is 2.18. The number of nitrogens with zero attached hydrogens (tertiary/aromatic N) is 1. The van der Waals surface area contributed by atoms with Gasteiger partial charge in [-0.05, 0) is 49.7 Å². The van der Waals surface area contributed by atoms with Gasteiger partial charge in [-0.3, -0.25) is 9.59 Å². The Kier molecular flexibility index (Phi) is 5.99. The van der Waals surface area contributed by atoms with E-state index in [1.807, 2.05) is 42.7 Å². The van der Waals surface area contributed by atoms with Crippen molar-refractivity contribution in [2.45, 2.75) is 26.8 Å². The Hall–Kier alpha value is -3.28. The molecular formula is C22H23NO5. The molecule has 2 heterocycles. The Morgan fingerprint density at radius 3 is 2.64 bits per heavy atom. The summed E-state index contributed by atoms with van der Waals surface area (Å²) in [5.41, 5.74) is 3.09. The number of aryl methyl sites for hydroxylation is 1. The summed E-state index contributed by atoms with van der Waals surface area (Å²) in [7, 11) is 1.57. The molecule has 0 saturated carbocycles. The van der Waals surface area contributed by atoms with E-state index in [-0.39, 0.29) is 18.8 Å². The lowest BCUT2D eigenvalue weighted by atomic mass is 10.1. The number of methoxy groups -OCH3 is 1. The highest BCUT2D eigenvalue weighted by Gasteiger charge is 2.18. The van der Waals surface area contributed by atoms with E-state index >= 15 is 0 Å². The van der Waals surface area contributed by atoms with Crippen molar-refractivity contribution in [2.24, 2.45) is 0 Å². The zero-order valence-electron chi connectivity index (χ0n) is 16.2. The summed E-state index contributed by atoms with van der Waals surface area (Å²) in [5, 5.41) is 0. The minimum Gasteiger partial charge on any atom is -0.497 e. The zero-order valence-corrected chi connectivity index (χ0v) is 16.2. The van der Waals surface area contributed by atoms with Crippen molar-refractivity contribution in [2.75, 3.05) is 13.7 Å². The highest BCUT2D eigenvalue weighted by atomic mass is 16.5. The first-order valence-corrected chi connectivity index (χ1v) is 8.98. The molecule has 0 atom stereocenters. The monoisotopic (exact) mass is 381 g/mol. The number of hydrogen-bond donors (Lipinski definition) is 0. The van der Waals surface area contributed by atoms with Gasteiger partial charge in [-0.25, -0.2) is 0 Å². The Labute approximate surface area is 163 Å². The lowest BCUT2D eigenvalue weighted by Gasteiger charge is -2.08. The van der Waals surface area contributed by atoms with Crippen LogP contribution in [0.3, 0.4) is 0 Å². The van der Waals surface area contributed by atoms with Gasteiger partial charge in [-0.15, -0.1) is 0 Å². The third-order valence-electron chi connectivity index (χ3n) is 4.61. The molecular weight excluding hydrogens is 358 g/mol. The molecule has 146 valence electrons. The van der Waals surface area contributed by atoms with Crippen LogP contribution in [0.4, 0.5) is 0 Å². The van der Waals surface area contributed by atoms with Crippen molar-refractivity contribution in [3.05, 3.63) is 77.0 Å². The molecule has 1 aromatic carbocycles. The molecule has 0 radical (unpaired) electrons. The number of carbonyl (C=O) groups excluding carboxylic acids is 2. The van der Waals surface area contributed by atoms with E-state index in [4.69, 9.17) is 13.9 Å². The Bertz CT molecular complexity index is 969. The van der Waals surface area contributed by atoms with Crippen LogP contribution in [0.1, 0.15) is 33.1 Å². The molecule has 0 aliphatic heterocycles. The standard InChI is InChI=1S/C22H23NO5/c1-15-10-20(16(2)23(15)13-19-8-5-9-27-19)21(24)14-28-22(25)12-17-6-4-7-18(11-17)26-3/h4-11H,12-14H2,1-3H3. The molecule has 6 heteroatoms. The van der Waals surface area contributed by atoms with Gasteiger partial charge in [0.25, 0.3) is 0 Å². The van der Waals surface area contributed by atoms with Gasteiger partial charge in [0.15, 0.2) is 6.61 Å². The maximum Gasteiger partial charge on any atom is 0.310 e. The predicted molar refractivity (Wildman–Crippen MR) is 104 cm³/mol. The molecule has 0 spiro atoms.